The molecule has 0 saturated carbocycles. The zero-order chi connectivity index (χ0) is 13.7. The minimum absolute atomic E-state index is 0.0196. The maximum absolute atomic E-state index is 12.0. The molecule has 0 aliphatic carbocycles. The van der Waals surface area contributed by atoms with Gasteiger partial charge in [-0.1, -0.05) is 13.8 Å². The van der Waals surface area contributed by atoms with Gasteiger partial charge in [-0.05, 0) is 18.8 Å². The van der Waals surface area contributed by atoms with E-state index in [1.54, 1.807) is 4.90 Å². The number of amides is 2. The summed E-state index contributed by atoms with van der Waals surface area (Å²) in [6.07, 6.45) is 1.48. The van der Waals surface area contributed by atoms with Crippen molar-refractivity contribution in [1.29, 1.82) is 0 Å². The van der Waals surface area contributed by atoms with Crippen molar-refractivity contribution in [1.82, 2.24) is 10.2 Å². The summed E-state index contributed by atoms with van der Waals surface area (Å²) in [7, 11) is 0. The molecule has 5 heteroatoms. The molecule has 1 rings (SSSR count). The van der Waals surface area contributed by atoms with Gasteiger partial charge in [-0.3, -0.25) is 9.59 Å². The first kappa shape index (κ1) is 15.0. The highest BCUT2D eigenvalue weighted by Crippen LogP contribution is 2.17. The first-order valence-electron chi connectivity index (χ1n) is 6.60. The molecule has 0 aromatic rings. The molecule has 18 heavy (non-hydrogen) atoms. The Balaban J connectivity index is 2.43. The molecule has 2 N–H and O–H groups in total. The number of nitrogens with one attached hydrogen (secondary N) is 1. The van der Waals surface area contributed by atoms with Crippen LogP contribution < -0.4 is 5.32 Å². The number of carbonyl (C=O) groups is 2. The largest absolute Gasteiger partial charge is 0.394 e. The molecule has 0 bridgehead atoms. The van der Waals surface area contributed by atoms with Gasteiger partial charge in [-0.25, -0.2) is 0 Å². The molecule has 0 aromatic carbocycles. The van der Waals surface area contributed by atoms with E-state index in [-0.39, 0.29) is 30.4 Å². The van der Waals surface area contributed by atoms with Crippen LogP contribution >= 0.6 is 0 Å². The summed E-state index contributed by atoms with van der Waals surface area (Å²) in [6, 6.07) is -0.177. The highest BCUT2D eigenvalue weighted by Gasteiger charge is 2.30. The first-order valence-corrected chi connectivity index (χ1v) is 6.60. The van der Waals surface area contributed by atoms with Gasteiger partial charge in [0.2, 0.25) is 11.8 Å². The Morgan fingerprint density at radius 2 is 2.11 bits per heavy atom. The fourth-order valence-corrected chi connectivity index (χ4v) is 2.33. The van der Waals surface area contributed by atoms with Crippen LogP contribution in [0.2, 0.25) is 0 Å². The van der Waals surface area contributed by atoms with Crippen LogP contribution in [0, 0.1) is 11.8 Å². The van der Waals surface area contributed by atoms with E-state index >= 15 is 0 Å². The van der Waals surface area contributed by atoms with E-state index in [4.69, 9.17) is 0 Å². The molecule has 1 heterocycles. The summed E-state index contributed by atoms with van der Waals surface area (Å²) in [4.78, 5) is 24.9. The number of carbonyl (C=O) groups excluding carboxylic acids is 2. The molecule has 2 atom stereocenters. The number of hydrogen-bond acceptors (Lipinski definition) is 3. The van der Waals surface area contributed by atoms with E-state index in [0.717, 1.165) is 6.42 Å². The van der Waals surface area contributed by atoms with Crippen molar-refractivity contribution in [3.8, 4) is 0 Å². The Labute approximate surface area is 109 Å². The van der Waals surface area contributed by atoms with Gasteiger partial charge in [0.15, 0.2) is 0 Å². The normalized spacial score (nSPS) is 21.2. The molecule has 5 nitrogen and oxygen atoms in total. The van der Waals surface area contributed by atoms with Crippen LogP contribution in [0.15, 0.2) is 0 Å². The van der Waals surface area contributed by atoms with Crippen LogP contribution in [0.5, 0.6) is 0 Å². The van der Waals surface area contributed by atoms with Gasteiger partial charge in [0.1, 0.15) is 0 Å². The van der Waals surface area contributed by atoms with E-state index < -0.39 is 0 Å². The molecule has 1 fully saturated rings. The number of aliphatic hydroxyl groups excluding tert-OH is 1. The van der Waals surface area contributed by atoms with Crippen LogP contribution in [0.4, 0.5) is 0 Å². The second kappa shape index (κ2) is 6.73. The summed E-state index contributed by atoms with van der Waals surface area (Å²) >= 11 is 0. The van der Waals surface area contributed by atoms with Gasteiger partial charge in [0.05, 0.1) is 18.6 Å². The molecule has 1 aliphatic heterocycles. The number of hydrogen-bond donors (Lipinski definition) is 2. The van der Waals surface area contributed by atoms with E-state index in [2.05, 4.69) is 19.2 Å². The van der Waals surface area contributed by atoms with E-state index in [0.29, 0.717) is 25.4 Å². The standard InChI is InChI=1S/C13H24N2O3/c1-9(2)6-12(8-16)14-13(18)11-4-5-15(7-11)10(3)17/h9,11-12,16H,4-8H2,1-3H3,(H,14,18). The Morgan fingerprint density at radius 3 is 2.56 bits per heavy atom. The summed E-state index contributed by atoms with van der Waals surface area (Å²) in [5.74, 6) is 0.277. The fourth-order valence-electron chi connectivity index (χ4n) is 2.33. The van der Waals surface area contributed by atoms with Crippen molar-refractivity contribution in [3.05, 3.63) is 0 Å². The van der Waals surface area contributed by atoms with Gasteiger partial charge in [-0.15, -0.1) is 0 Å². The molecule has 2 amide bonds. The molecule has 1 aliphatic rings. The van der Waals surface area contributed by atoms with Crippen molar-refractivity contribution < 1.29 is 14.7 Å². The van der Waals surface area contributed by atoms with E-state index in [1.807, 2.05) is 0 Å². The van der Waals surface area contributed by atoms with Gasteiger partial charge in [-0.2, -0.15) is 0 Å². The highest BCUT2D eigenvalue weighted by molar-refractivity contribution is 5.81. The van der Waals surface area contributed by atoms with Gasteiger partial charge in [0, 0.05) is 20.0 Å². The highest BCUT2D eigenvalue weighted by atomic mass is 16.3. The summed E-state index contributed by atoms with van der Waals surface area (Å²) in [5.41, 5.74) is 0. The lowest BCUT2D eigenvalue weighted by Gasteiger charge is -2.20. The lowest BCUT2D eigenvalue weighted by molar-refractivity contribution is -0.128. The average molecular weight is 256 g/mol. The lowest BCUT2D eigenvalue weighted by atomic mass is 10.0. The SMILES string of the molecule is CC(=O)N1CCC(C(=O)NC(CO)CC(C)C)C1. The molecular formula is C13H24N2O3. The minimum atomic E-state index is -0.177. The maximum Gasteiger partial charge on any atom is 0.225 e. The molecule has 1 saturated heterocycles. The lowest BCUT2D eigenvalue weighted by Crippen LogP contribution is -2.42. The molecule has 0 aromatic heterocycles. The molecular weight excluding hydrogens is 232 g/mol. The van der Waals surface area contributed by atoms with Crippen molar-refractivity contribution in [2.75, 3.05) is 19.7 Å². The minimum Gasteiger partial charge on any atom is -0.394 e. The summed E-state index contributed by atoms with van der Waals surface area (Å²) < 4.78 is 0. The first-order chi connectivity index (χ1) is 8.43. The quantitative estimate of drug-likeness (QED) is 0.747. The second-order valence-electron chi connectivity index (χ2n) is 5.47. The third kappa shape index (κ3) is 4.29. The predicted molar refractivity (Wildman–Crippen MR) is 68.8 cm³/mol. The van der Waals surface area contributed by atoms with Crippen molar-refractivity contribution in [2.45, 2.75) is 39.7 Å². The fraction of sp³-hybridized carbons (Fsp3) is 0.846. The zero-order valence-corrected chi connectivity index (χ0v) is 11.5. The third-order valence-corrected chi connectivity index (χ3v) is 3.33. The predicted octanol–water partition coefficient (Wildman–Crippen LogP) is 0.378. The Morgan fingerprint density at radius 1 is 1.44 bits per heavy atom. The topological polar surface area (TPSA) is 69.6 Å². The smallest absolute Gasteiger partial charge is 0.225 e. The summed E-state index contributed by atoms with van der Waals surface area (Å²) in [5, 5.41) is 12.1. The number of likely N-dealkylation sites (tertiary alicyclic amines) is 1. The third-order valence-electron chi connectivity index (χ3n) is 3.33. The van der Waals surface area contributed by atoms with Gasteiger partial charge < -0.3 is 15.3 Å². The molecule has 0 radical (unpaired) electrons. The number of aliphatic hydroxyl groups is 1. The number of nitrogens with zero attached hydrogens (tertiary/aromatic N) is 1. The average Bonchev–Trinajstić information content (AvgIpc) is 2.76. The van der Waals surface area contributed by atoms with Crippen LogP contribution in [-0.2, 0) is 9.59 Å². The maximum atomic E-state index is 12.0. The Kier molecular flexibility index (Phi) is 5.59. The summed E-state index contributed by atoms with van der Waals surface area (Å²) in [6.45, 7) is 6.76. The van der Waals surface area contributed by atoms with Crippen molar-refractivity contribution >= 4 is 11.8 Å². The van der Waals surface area contributed by atoms with E-state index in [1.165, 1.54) is 6.92 Å². The van der Waals surface area contributed by atoms with Crippen LogP contribution in [0.3, 0.4) is 0 Å². The van der Waals surface area contributed by atoms with Gasteiger partial charge >= 0.3 is 0 Å². The van der Waals surface area contributed by atoms with Crippen molar-refractivity contribution in [2.24, 2.45) is 11.8 Å². The van der Waals surface area contributed by atoms with Crippen LogP contribution in [0.1, 0.15) is 33.6 Å². The second-order valence-corrected chi connectivity index (χ2v) is 5.47. The molecule has 0 spiro atoms. The van der Waals surface area contributed by atoms with Crippen LogP contribution in [0.25, 0.3) is 0 Å². The zero-order valence-electron chi connectivity index (χ0n) is 11.5. The Hall–Kier alpha value is -1.10. The Bertz CT molecular complexity index is 305. The molecule has 104 valence electrons. The number of rotatable bonds is 5. The van der Waals surface area contributed by atoms with E-state index in [9.17, 15) is 14.7 Å². The van der Waals surface area contributed by atoms with Crippen molar-refractivity contribution in [3.63, 3.8) is 0 Å². The molecule has 2 unspecified atom stereocenters. The monoisotopic (exact) mass is 256 g/mol. The van der Waals surface area contributed by atoms with Gasteiger partial charge in [0.25, 0.3) is 0 Å². The van der Waals surface area contributed by atoms with Crippen LogP contribution in [-0.4, -0.2) is 47.6 Å².